The van der Waals surface area contributed by atoms with Gasteiger partial charge < -0.3 is 20.5 Å². The van der Waals surface area contributed by atoms with Crippen molar-refractivity contribution in [1.29, 1.82) is 0 Å². The van der Waals surface area contributed by atoms with E-state index in [-0.39, 0.29) is 18.7 Å². The third-order valence-corrected chi connectivity index (χ3v) is 2.69. The second kappa shape index (κ2) is 7.44. The van der Waals surface area contributed by atoms with Crippen LogP contribution in [-0.2, 0) is 9.53 Å². The summed E-state index contributed by atoms with van der Waals surface area (Å²) in [4.78, 5) is 22.2. The van der Waals surface area contributed by atoms with Crippen molar-refractivity contribution in [2.75, 3.05) is 19.0 Å². The largest absolute Gasteiger partial charge is 0.481 e. The van der Waals surface area contributed by atoms with Crippen molar-refractivity contribution in [3.05, 3.63) is 29.6 Å². The first-order chi connectivity index (χ1) is 9.43. The van der Waals surface area contributed by atoms with Crippen LogP contribution >= 0.6 is 0 Å². The number of rotatable bonds is 6. The number of ether oxygens (including phenoxy) is 1. The van der Waals surface area contributed by atoms with E-state index in [2.05, 4.69) is 10.6 Å². The normalized spacial score (nSPS) is 11.8. The quantitative estimate of drug-likeness (QED) is 0.742. The summed E-state index contributed by atoms with van der Waals surface area (Å²) in [6.45, 7) is 1.68. The molecule has 6 nitrogen and oxygen atoms in total. The molecule has 1 rings (SSSR count). The number of carbonyl (C=O) groups is 2. The Balaban J connectivity index is 2.53. The second-order valence-electron chi connectivity index (χ2n) is 4.22. The zero-order valence-corrected chi connectivity index (χ0v) is 11.3. The number of urea groups is 1. The minimum atomic E-state index is -1.02. The number of carboxylic acid groups (broad SMARTS) is 1. The van der Waals surface area contributed by atoms with Crippen LogP contribution in [0.4, 0.5) is 14.9 Å². The number of carboxylic acids is 1. The molecule has 1 aromatic rings. The van der Waals surface area contributed by atoms with Gasteiger partial charge in [0.25, 0.3) is 0 Å². The molecule has 110 valence electrons. The maximum atomic E-state index is 13.5. The fourth-order valence-corrected chi connectivity index (χ4v) is 1.59. The minimum Gasteiger partial charge on any atom is -0.481 e. The van der Waals surface area contributed by atoms with E-state index in [9.17, 15) is 14.0 Å². The average Bonchev–Trinajstić information content (AvgIpc) is 2.38. The molecule has 0 aliphatic heterocycles. The molecule has 0 aromatic heterocycles. The maximum absolute atomic E-state index is 13.5. The number of hydrogen-bond acceptors (Lipinski definition) is 3. The zero-order valence-electron chi connectivity index (χ0n) is 11.3. The van der Waals surface area contributed by atoms with Gasteiger partial charge in [-0.2, -0.15) is 0 Å². The Bertz CT molecular complexity index is 473. The van der Waals surface area contributed by atoms with E-state index in [0.717, 1.165) is 0 Å². The van der Waals surface area contributed by atoms with E-state index in [1.165, 1.54) is 13.2 Å². The molecule has 1 unspecified atom stereocenters. The lowest BCUT2D eigenvalue weighted by Crippen LogP contribution is -2.37. The molecule has 3 N–H and O–H groups in total. The van der Waals surface area contributed by atoms with Gasteiger partial charge in [0.05, 0.1) is 18.2 Å². The molecular weight excluding hydrogens is 267 g/mol. The summed E-state index contributed by atoms with van der Waals surface area (Å²) in [7, 11) is 1.36. The first kappa shape index (κ1) is 15.9. The number of hydrogen-bond donors (Lipinski definition) is 3. The van der Waals surface area contributed by atoms with Crippen LogP contribution in [0.5, 0.6) is 0 Å². The highest BCUT2D eigenvalue weighted by molar-refractivity contribution is 5.90. The van der Waals surface area contributed by atoms with Crippen LogP contribution in [0.2, 0.25) is 0 Å². The maximum Gasteiger partial charge on any atom is 0.319 e. The number of para-hydroxylation sites is 1. The van der Waals surface area contributed by atoms with E-state index in [1.807, 2.05) is 0 Å². The number of methoxy groups -OCH3 is 1. The van der Waals surface area contributed by atoms with Crippen LogP contribution in [0.3, 0.4) is 0 Å². The summed E-state index contributed by atoms with van der Waals surface area (Å²) in [5, 5.41) is 13.5. The summed E-state index contributed by atoms with van der Waals surface area (Å²) in [6.07, 6.45) is -0.866. The summed E-state index contributed by atoms with van der Waals surface area (Å²) in [6, 6.07) is 3.83. The van der Waals surface area contributed by atoms with Crippen molar-refractivity contribution in [3.8, 4) is 0 Å². The number of nitrogens with one attached hydrogen (secondary N) is 2. The van der Waals surface area contributed by atoms with Crippen LogP contribution in [0, 0.1) is 12.7 Å². The molecule has 0 saturated carbocycles. The van der Waals surface area contributed by atoms with E-state index in [4.69, 9.17) is 9.84 Å². The first-order valence-electron chi connectivity index (χ1n) is 5.98. The number of benzene rings is 1. The van der Waals surface area contributed by atoms with Gasteiger partial charge in [-0.1, -0.05) is 12.1 Å². The molecule has 0 heterocycles. The summed E-state index contributed by atoms with van der Waals surface area (Å²) in [5.74, 6) is -1.56. The standard InChI is InChI=1S/C13H17FN2O4/c1-8-4-3-5-10(14)12(8)16-13(19)15-7-9(20-2)6-11(17)18/h3-5,9H,6-7H2,1-2H3,(H,17,18)(H2,15,16,19). The summed E-state index contributed by atoms with van der Waals surface area (Å²) in [5.41, 5.74) is 0.686. The molecule has 2 amide bonds. The predicted octanol–water partition coefficient (Wildman–Crippen LogP) is 1.75. The Morgan fingerprint density at radius 2 is 2.15 bits per heavy atom. The number of anilines is 1. The van der Waals surface area contributed by atoms with E-state index in [1.54, 1.807) is 19.1 Å². The third kappa shape index (κ3) is 4.85. The van der Waals surface area contributed by atoms with Gasteiger partial charge in [0.1, 0.15) is 5.82 Å². The van der Waals surface area contributed by atoms with Crippen LogP contribution in [0.15, 0.2) is 18.2 Å². The van der Waals surface area contributed by atoms with Gasteiger partial charge in [0.15, 0.2) is 0 Å². The number of amides is 2. The lowest BCUT2D eigenvalue weighted by atomic mass is 10.2. The number of aliphatic carboxylic acids is 1. The predicted molar refractivity (Wildman–Crippen MR) is 71.2 cm³/mol. The van der Waals surface area contributed by atoms with Crippen molar-refractivity contribution in [1.82, 2.24) is 5.32 Å². The van der Waals surface area contributed by atoms with E-state index < -0.39 is 23.9 Å². The molecule has 0 saturated heterocycles. The van der Waals surface area contributed by atoms with Crippen LogP contribution in [-0.4, -0.2) is 36.9 Å². The second-order valence-corrected chi connectivity index (χ2v) is 4.22. The highest BCUT2D eigenvalue weighted by Gasteiger charge is 2.14. The molecule has 1 aromatic carbocycles. The minimum absolute atomic E-state index is 0.0160. The van der Waals surface area contributed by atoms with Gasteiger partial charge in [0, 0.05) is 13.7 Å². The van der Waals surface area contributed by atoms with Crippen molar-refractivity contribution in [3.63, 3.8) is 0 Å². The lowest BCUT2D eigenvalue weighted by Gasteiger charge is -2.15. The topological polar surface area (TPSA) is 87.7 Å². The summed E-state index contributed by atoms with van der Waals surface area (Å²) < 4.78 is 18.4. The van der Waals surface area contributed by atoms with Gasteiger partial charge in [-0.05, 0) is 18.6 Å². The zero-order chi connectivity index (χ0) is 15.1. The fraction of sp³-hybridized carbons (Fsp3) is 0.385. The molecular formula is C13H17FN2O4. The molecule has 0 radical (unpaired) electrons. The molecule has 1 atom stereocenters. The van der Waals surface area contributed by atoms with Crippen LogP contribution < -0.4 is 10.6 Å². The molecule has 20 heavy (non-hydrogen) atoms. The van der Waals surface area contributed by atoms with E-state index >= 15 is 0 Å². The molecule has 7 heteroatoms. The SMILES string of the molecule is COC(CNC(=O)Nc1c(C)cccc1F)CC(=O)O. The van der Waals surface area contributed by atoms with Crippen LogP contribution in [0.25, 0.3) is 0 Å². The molecule has 0 spiro atoms. The lowest BCUT2D eigenvalue weighted by molar-refractivity contribution is -0.139. The Morgan fingerprint density at radius 1 is 1.45 bits per heavy atom. The van der Waals surface area contributed by atoms with Crippen molar-refractivity contribution in [2.24, 2.45) is 0 Å². The number of carbonyl (C=O) groups excluding carboxylic acids is 1. The van der Waals surface area contributed by atoms with Crippen molar-refractivity contribution in [2.45, 2.75) is 19.4 Å². The molecule has 0 aliphatic rings. The Morgan fingerprint density at radius 3 is 2.70 bits per heavy atom. The molecule has 0 bridgehead atoms. The van der Waals surface area contributed by atoms with Crippen LogP contribution in [0.1, 0.15) is 12.0 Å². The van der Waals surface area contributed by atoms with Crippen molar-refractivity contribution >= 4 is 17.7 Å². The van der Waals surface area contributed by atoms with Gasteiger partial charge in [-0.3, -0.25) is 4.79 Å². The van der Waals surface area contributed by atoms with E-state index in [0.29, 0.717) is 5.56 Å². The monoisotopic (exact) mass is 284 g/mol. The van der Waals surface area contributed by atoms with Gasteiger partial charge >= 0.3 is 12.0 Å². The van der Waals surface area contributed by atoms with Gasteiger partial charge in [-0.15, -0.1) is 0 Å². The van der Waals surface area contributed by atoms with Gasteiger partial charge in [0.2, 0.25) is 0 Å². The Kier molecular flexibility index (Phi) is 5.92. The van der Waals surface area contributed by atoms with Gasteiger partial charge in [-0.25, -0.2) is 9.18 Å². The summed E-state index contributed by atoms with van der Waals surface area (Å²) >= 11 is 0. The first-order valence-corrected chi connectivity index (χ1v) is 5.98. The third-order valence-electron chi connectivity index (χ3n) is 2.69. The number of halogens is 1. The fourth-order valence-electron chi connectivity index (χ4n) is 1.59. The van der Waals surface area contributed by atoms with Crippen molar-refractivity contribution < 1.29 is 23.8 Å². The average molecular weight is 284 g/mol. The molecule has 0 aliphatic carbocycles. The highest BCUT2D eigenvalue weighted by Crippen LogP contribution is 2.18. The Labute approximate surface area is 115 Å². The number of aryl methyl sites for hydroxylation is 1. The Hall–Kier alpha value is -2.15. The highest BCUT2D eigenvalue weighted by atomic mass is 19.1. The molecule has 0 fully saturated rings. The smallest absolute Gasteiger partial charge is 0.319 e.